The molecule has 1 rings (SSSR count). The maximum Gasteiger partial charge on any atom is 0.191 e. The Morgan fingerprint density at radius 3 is 2.63 bits per heavy atom. The van der Waals surface area contributed by atoms with E-state index >= 15 is 0 Å². The zero-order valence-electron chi connectivity index (χ0n) is 11.3. The Labute approximate surface area is 139 Å². The SMILES string of the molecule is CN=C(NCCc1ccc(F)c(Br)c1)NC(C)C.I. The van der Waals surface area contributed by atoms with Gasteiger partial charge in [-0.1, -0.05) is 6.07 Å². The van der Waals surface area contributed by atoms with Gasteiger partial charge in [0, 0.05) is 19.6 Å². The summed E-state index contributed by atoms with van der Waals surface area (Å²) < 4.78 is 13.6. The van der Waals surface area contributed by atoms with Crippen LogP contribution in [-0.4, -0.2) is 25.6 Å². The lowest BCUT2D eigenvalue weighted by Gasteiger charge is -2.14. The lowest BCUT2D eigenvalue weighted by atomic mass is 10.1. The summed E-state index contributed by atoms with van der Waals surface area (Å²) in [5.74, 6) is 0.551. The van der Waals surface area contributed by atoms with Gasteiger partial charge in [-0.05, 0) is 53.9 Å². The monoisotopic (exact) mass is 443 g/mol. The maximum atomic E-state index is 13.1. The fourth-order valence-electron chi connectivity index (χ4n) is 1.49. The van der Waals surface area contributed by atoms with Crippen LogP contribution < -0.4 is 10.6 Å². The molecule has 0 heterocycles. The average molecular weight is 444 g/mol. The molecule has 0 radical (unpaired) electrons. The highest BCUT2D eigenvalue weighted by Gasteiger charge is 2.02. The van der Waals surface area contributed by atoms with E-state index in [2.05, 4.69) is 45.4 Å². The Morgan fingerprint density at radius 2 is 2.11 bits per heavy atom. The molecule has 3 nitrogen and oxygen atoms in total. The summed E-state index contributed by atoms with van der Waals surface area (Å²) in [5, 5.41) is 6.42. The average Bonchev–Trinajstić information content (AvgIpc) is 2.32. The Hall–Kier alpha value is -0.370. The van der Waals surface area contributed by atoms with Crippen molar-refractivity contribution in [1.82, 2.24) is 10.6 Å². The zero-order valence-corrected chi connectivity index (χ0v) is 15.3. The lowest BCUT2D eigenvalue weighted by molar-refractivity contribution is 0.620. The molecule has 19 heavy (non-hydrogen) atoms. The second-order valence-electron chi connectivity index (χ2n) is 4.30. The minimum Gasteiger partial charge on any atom is -0.356 e. The number of hydrogen-bond acceptors (Lipinski definition) is 1. The molecule has 0 amide bonds. The molecule has 0 aliphatic heterocycles. The highest BCUT2D eigenvalue weighted by Crippen LogP contribution is 2.16. The van der Waals surface area contributed by atoms with Crippen molar-refractivity contribution in [3.05, 3.63) is 34.1 Å². The van der Waals surface area contributed by atoms with Gasteiger partial charge in [-0.3, -0.25) is 4.99 Å². The van der Waals surface area contributed by atoms with Crippen LogP contribution in [0.5, 0.6) is 0 Å². The van der Waals surface area contributed by atoms with Crippen molar-refractivity contribution in [3.63, 3.8) is 0 Å². The van der Waals surface area contributed by atoms with Gasteiger partial charge in [-0.25, -0.2) is 4.39 Å². The Kier molecular flexibility index (Phi) is 9.34. The molecule has 1 aromatic rings. The van der Waals surface area contributed by atoms with Crippen molar-refractivity contribution in [3.8, 4) is 0 Å². The van der Waals surface area contributed by atoms with E-state index in [0.717, 1.165) is 24.5 Å². The number of nitrogens with one attached hydrogen (secondary N) is 2. The largest absolute Gasteiger partial charge is 0.356 e. The van der Waals surface area contributed by atoms with Gasteiger partial charge in [0.1, 0.15) is 5.82 Å². The van der Waals surface area contributed by atoms with Crippen LogP contribution in [0.2, 0.25) is 0 Å². The van der Waals surface area contributed by atoms with Gasteiger partial charge in [0.25, 0.3) is 0 Å². The standard InChI is InChI=1S/C13H19BrFN3.HI/c1-9(2)18-13(16-3)17-7-6-10-4-5-12(15)11(14)8-10;/h4-5,8-9H,6-7H2,1-3H3,(H2,16,17,18);1H. The van der Waals surface area contributed by atoms with Crippen LogP contribution in [0.15, 0.2) is 27.7 Å². The first-order valence-corrected chi connectivity index (χ1v) is 6.73. The summed E-state index contributed by atoms with van der Waals surface area (Å²) in [6, 6.07) is 5.41. The predicted octanol–water partition coefficient (Wildman–Crippen LogP) is 3.32. The molecule has 0 fully saturated rings. The van der Waals surface area contributed by atoms with Gasteiger partial charge in [-0.2, -0.15) is 0 Å². The minimum absolute atomic E-state index is 0. The van der Waals surface area contributed by atoms with E-state index in [-0.39, 0.29) is 29.8 Å². The normalized spacial score (nSPS) is 11.2. The Morgan fingerprint density at radius 1 is 1.42 bits per heavy atom. The van der Waals surface area contributed by atoms with Gasteiger partial charge in [0.05, 0.1) is 4.47 Å². The summed E-state index contributed by atoms with van der Waals surface area (Å²) in [6.07, 6.45) is 0.817. The van der Waals surface area contributed by atoms with Crippen molar-refractivity contribution in [1.29, 1.82) is 0 Å². The molecule has 0 unspecified atom stereocenters. The Bertz CT molecular complexity index is 424. The van der Waals surface area contributed by atoms with Crippen LogP contribution in [0.25, 0.3) is 0 Å². The van der Waals surface area contributed by atoms with E-state index in [1.807, 2.05) is 0 Å². The first kappa shape index (κ1) is 18.6. The topological polar surface area (TPSA) is 36.4 Å². The number of halogens is 3. The number of nitrogens with zero attached hydrogens (tertiary/aromatic N) is 1. The highest BCUT2D eigenvalue weighted by atomic mass is 127. The first-order chi connectivity index (χ1) is 8.52. The highest BCUT2D eigenvalue weighted by molar-refractivity contribution is 14.0. The molecule has 0 aliphatic carbocycles. The van der Waals surface area contributed by atoms with Crippen molar-refractivity contribution in [2.45, 2.75) is 26.3 Å². The summed E-state index contributed by atoms with van der Waals surface area (Å²) in [4.78, 5) is 4.12. The summed E-state index contributed by atoms with van der Waals surface area (Å²) in [5.41, 5.74) is 1.08. The maximum absolute atomic E-state index is 13.1. The number of aliphatic imine (C=N–C) groups is 1. The second-order valence-corrected chi connectivity index (χ2v) is 5.15. The van der Waals surface area contributed by atoms with E-state index in [0.29, 0.717) is 10.5 Å². The van der Waals surface area contributed by atoms with E-state index in [1.165, 1.54) is 6.07 Å². The molecule has 0 aliphatic rings. The molecule has 2 N–H and O–H groups in total. The van der Waals surface area contributed by atoms with E-state index < -0.39 is 0 Å². The van der Waals surface area contributed by atoms with Crippen LogP contribution in [0, 0.1) is 5.82 Å². The van der Waals surface area contributed by atoms with Crippen LogP contribution >= 0.6 is 39.9 Å². The third-order valence-electron chi connectivity index (χ3n) is 2.34. The van der Waals surface area contributed by atoms with Gasteiger partial charge in [0.2, 0.25) is 0 Å². The molecule has 0 saturated carbocycles. The van der Waals surface area contributed by atoms with Crippen LogP contribution in [0.4, 0.5) is 4.39 Å². The fraction of sp³-hybridized carbons (Fsp3) is 0.462. The Balaban J connectivity index is 0.00000324. The van der Waals surface area contributed by atoms with Crippen molar-refractivity contribution < 1.29 is 4.39 Å². The third-order valence-corrected chi connectivity index (χ3v) is 2.95. The predicted molar refractivity (Wildman–Crippen MR) is 92.9 cm³/mol. The van der Waals surface area contributed by atoms with Gasteiger partial charge < -0.3 is 10.6 Å². The summed E-state index contributed by atoms with van der Waals surface area (Å²) in [6.45, 7) is 4.87. The van der Waals surface area contributed by atoms with Crippen molar-refractivity contribution >= 4 is 45.9 Å². The molecule has 1 aromatic carbocycles. The minimum atomic E-state index is -0.232. The molecular weight excluding hydrogens is 424 g/mol. The number of rotatable bonds is 4. The van der Waals surface area contributed by atoms with Crippen LogP contribution in [0.3, 0.4) is 0 Å². The van der Waals surface area contributed by atoms with Gasteiger partial charge >= 0.3 is 0 Å². The number of benzene rings is 1. The van der Waals surface area contributed by atoms with Crippen molar-refractivity contribution in [2.24, 2.45) is 4.99 Å². The zero-order chi connectivity index (χ0) is 13.5. The van der Waals surface area contributed by atoms with Crippen LogP contribution in [-0.2, 0) is 6.42 Å². The quantitative estimate of drug-likeness (QED) is 0.425. The molecule has 108 valence electrons. The van der Waals surface area contributed by atoms with Gasteiger partial charge in [-0.15, -0.1) is 24.0 Å². The first-order valence-electron chi connectivity index (χ1n) is 5.94. The fourth-order valence-corrected chi connectivity index (χ4v) is 1.91. The molecule has 0 spiro atoms. The lowest BCUT2D eigenvalue weighted by Crippen LogP contribution is -2.41. The summed E-state index contributed by atoms with van der Waals surface area (Å²) in [7, 11) is 1.74. The molecule has 6 heteroatoms. The van der Waals surface area contributed by atoms with Crippen molar-refractivity contribution in [2.75, 3.05) is 13.6 Å². The number of hydrogen-bond donors (Lipinski definition) is 2. The molecule has 0 saturated heterocycles. The van der Waals surface area contributed by atoms with Gasteiger partial charge in [0.15, 0.2) is 5.96 Å². The molecule has 0 bridgehead atoms. The van der Waals surface area contributed by atoms with E-state index in [1.54, 1.807) is 19.2 Å². The molecular formula is C13H20BrFIN3. The van der Waals surface area contributed by atoms with E-state index in [9.17, 15) is 4.39 Å². The second kappa shape index (κ2) is 9.52. The summed E-state index contributed by atoms with van der Waals surface area (Å²) >= 11 is 3.18. The van der Waals surface area contributed by atoms with E-state index in [4.69, 9.17) is 0 Å². The molecule has 0 atom stereocenters. The molecule has 0 aromatic heterocycles. The smallest absolute Gasteiger partial charge is 0.191 e. The van der Waals surface area contributed by atoms with Crippen LogP contribution in [0.1, 0.15) is 19.4 Å². The number of guanidine groups is 1. The third kappa shape index (κ3) is 7.10.